The third-order valence-corrected chi connectivity index (χ3v) is 8.44. The van der Waals surface area contributed by atoms with Gasteiger partial charge < -0.3 is 9.22 Å². The Labute approximate surface area is 228 Å². The molecule has 3 heteroatoms. The van der Waals surface area contributed by atoms with E-state index in [1.165, 1.54) is 112 Å². The number of nitrogens with zero attached hydrogens (tertiary/aromatic N) is 1. The SMILES string of the molecule is Cc1cccc(C)c1OCCC1(CC[N+]2(Cc3ccccc3)CCCCCC2)CCCC1.[Y]. The van der Waals surface area contributed by atoms with Gasteiger partial charge in [0.25, 0.3) is 0 Å². The zero-order valence-corrected chi connectivity index (χ0v) is 24.0. The molecule has 1 aliphatic heterocycles. The second kappa shape index (κ2) is 12.8. The van der Waals surface area contributed by atoms with Gasteiger partial charge in [-0.05, 0) is 75.3 Å². The average molecular weight is 524 g/mol. The molecule has 1 aliphatic carbocycles. The van der Waals surface area contributed by atoms with Crippen molar-refractivity contribution in [1.29, 1.82) is 0 Å². The van der Waals surface area contributed by atoms with Gasteiger partial charge in [0.1, 0.15) is 12.3 Å². The maximum absolute atomic E-state index is 6.38. The number of hydrogen-bond donors (Lipinski definition) is 0. The van der Waals surface area contributed by atoms with E-state index in [9.17, 15) is 0 Å². The molecule has 0 bridgehead atoms. The number of para-hydroxylation sites is 1. The van der Waals surface area contributed by atoms with E-state index >= 15 is 0 Å². The molecule has 2 nitrogen and oxygen atoms in total. The monoisotopic (exact) mass is 523 g/mol. The smallest absolute Gasteiger partial charge is 0.125 e. The van der Waals surface area contributed by atoms with Crippen LogP contribution in [-0.2, 0) is 39.3 Å². The van der Waals surface area contributed by atoms with Crippen LogP contribution in [-0.4, -0.2) is 30.7 Å². The molecule has 0 N–H and O–H groups in total. The molecule has 2 aromatic rings. The van der Waals surface area contributed by atoms with E-state index in [4.69, 9.17) is 4.74 Å². The summed E-state index contributed by atoms with van der Waals surface area (Å²) in [5, 5.41) is 0. The molecule has 0 atom stereocenters. The van der Waals surface area contributed by atoms with Crippen molar-refractivity contribution in [2.24, 2.45) is 5.41 Å². The molecule has 2 aromatic carbocycles. The van der Waals surface area contributed by atoms with Crippen LogP contribution in [0.15, 0.2) is 48.5 Å². The maximum Gasteiger partial charge on any atom is 0.125 e. The Bertz CT molecular complexity index is 815. The van der Waals surface area contributed by atoms with Gasteiger partial charge in [0.2, 0.25) is 0 Å². The standard InChI is InChI=1S/C30H44NO.Y/c1-26-13-12-14-27(2)29(26)32-24-20-30(17-8-9-18-30)19-23-31(21-10-3-4-11-22-31)25-28-15-6-5-7-16-28;/h5-7,12-16H,3-4,8-11,17-25H2,1-2H3;/q+1;. The predicted molar refractivity (Wildman–Crippen MR) is 135 cm³/mol. The van der Waals surface area contributed by atoms with Gasteiger partial charge >= 0.3 is 0 Å². The summed E-state index contributed by atoms with van der Waals surface area (Å²) in [6.07, 6.45) is 13.8. The third-order valence-electron chi connectivity index (χ3n) is 8.44. The van der Waals surface area contributed by atoms with Crippen LogP contribution in [0.2, 0.25) is 0 Å². The van der Waals surface area contributed by atoms with Gasteiger partial charge in [-0.2, -0.15) is 0 Å². The van der Waals surface area contributed by atoms with Crippen LogP contribution in [0.3, 0.4) is 0 Å². The van der Waals surface area contributed by atoms with Crippen molar-refractivity contribution in [3.05, 3.63) is 65.2 Å². The number of benzene rings is 2. The van der Waals surface area contributed by atoms with Crippen LogP contribution < -0.4 is 4.74 Å². The van der Waals surface area contributed by atoms with Crippen molar-refractivity contribution in [3.63, 3.8) is 0 Å². The molecule has 1 saturated heterocycles. The normalized spacial score (nSPS) is 19.5. The summed E-state index contributed by atoms with van der Waals surface area (Å²) in [6, 6.07) is 17.7. The molecule has 0 unspecified atom stereocenters. The first kappa shape index (κ1) is 26.9. The molecule has 2 aliphatic rings. The molecule has 1 heterocycles. The van der Waals surface area contributed by atoms with E-state index in [0.29, 0.717) is 5.41 Å². The molecule has 4 rings (SSSR count). The molecule has 2 fully saturated rings. The minimum atomic E-state index is 0. The Balaban J connectivity index is 0.00000306. The number of likely N-dealkylation sites (tertiary alicyclic amines) is 1. The van der Waals surface area contributed by atoms with Crippen molar-refractivity contribution in [2.75, 3.05) is 26.2 Å². The first-order valence-corrected chi connectivity index (χ1v) is 13.2. The van der Waals surface area contributed by atoms with E-state index in [1.807, 2.05) is 0 Å². The summed E-state index contributed by atoms with van der Waals surface area (Å²) in [4.78, 5) is 0. The molecule has 33 heavy (non-hydrogen) atoms. The summed E-state index contributed by atoms with van der Waals surface area (Å²) in [5.74, 6) is 1.11. The molecule has 0 amide bonds. The van der Waals surface area contributed by atoms with Gasteiger partial charge in [0, 0.05) is 44.7 Å². The van der Waals surface area contributed by atoms with Crippen molar-refractivity contribution < 1.29 is 41.9 Å². The van der Waals surface area contributed by atoms with Crippen LogP contribution in [0, 0.1) is 19.3 Å². The Morgan fingerprint density at radius 1 is 0.758 bits per heavy atom. The molecule has 1 saturated carbocycles. The number of hydrogen-bond acceptors (Lipinski definition) is 1. The molecule has 177 valence electrons. The van der Waals surface area contributed by atoms with E-state index in [1.54, 1.807) is 0 Å². The van der Waals surface area contributed by atoms with Crippen molar-refractivity contribution in [2.45, 2.75) is 84.6 Å². The summed E-state index contributed by atoms with van der Waals surface area (Å²) in [7, 11) is 0. The predicted octanol–water partition coefficient (Wildman–Crippen LogP) is 7.61. The van der Waals surface area contributed by atoms with Gasteiger partial charge in [-0.25, -0.2) is 0 Å². The van der Waals surface area contributed by atoms with E-state index < -0.39 is 0 Å². The second-order valence-corrected chi connectivity index (χ2v) is 10.8. The van der Waals surface area contributed by atoms with Crippen LogP contribution in [0.1, 0.15) is 80.9 Å². The Morgan fingerprint density at radius 3 is 2.03 bits per heavy atom. The molecule has 0 spiro atoms. The number of quaternary nitrogens is 1. The van der Waals surface area contributed by atoms with Gasteiger partial charge in [-0.3, -0.25) is 0 Å². The van der Waals surface area contributed by atoms with Gasteiger partial charge in [-0.1, -0.05) is 61.4 Å². The Hall–Kier alpha value is -0.696. The van der Waals surface area contributed by atoms with E-state index in [0.717, 1.165) is 12.4 Å². The van der Waals surface area contributed by atoms with E-state index in [-0.39, 0.29) is 32.7 Å². The van der Waals surface area contributed by atoms with Crippen molar-refractivity contribution >= 4 is 0 Å². The van der Waals surface area contributed by atoms with Crippen molar-refractivity contribution in [1.82, 2.24) is 0 Å². The Kier molecular flexibility index (Phi) is 10.5. The first-order valence-electron chi connectivity index (χ1n) is 13.2. The van der Waals surface area contributed by atoms with Gasteiger partial charge in [-0.15, -0.1) is 0 Å². The minimum absolute atomic E-state index is 0. The largest absolute Gasteiger partial charge is 0.493 e. The minimum Gasteiger partial charge on any atom is -0.493 e. The van der Waals surface area contributed by atoms with E-state index in [2.05, 4.69) is 62.4 Å². The van der Waals surface area contributed by atoms with Crippen molar-refractivity contribution in [3.8, 4) is 5.75 Å². The maximum atomic E-state index is 6.38. The summed E-state index contributed by atoms with van der Waals surface area (Å²) < 4.78 is 7.69. The van der Waals surface area contributed by atoms with Crippen LogP contribution in [0.25, 0.3) is 0 Å². The molecule has 1 radical (unpaired) electrons. The molecular weight excluding hydrogens is 479 g/mol. The zero-order valence-electron chi connectivity index (χ0n) is 21.2. The van der Waals surface area contributed by atoms with Gasteiger partial charge in [0.15, 0.2) is 0 Å². The quantitative estimate of drug-likeness (QED) is 0.308. The first-order chi connectivity index (χ1) is 15.6. The van der Waals surface area contributed by atoms with Crippen LogP contribution in [0.5, 0.6) is 5.75 Å². The fraction of sp³-hybridized carbons (Fsp3) is 0.600. The fourth-order valence-electron chi connectivity index (χ4n) is 6.41. The number of ether oxygens (including phenoxy) is 1. The molecule has 0 aromatic heterocycles. The third kappa shape index (κ3) is 7.39. The Morgan fingerprint density at radius 2 is 1.39 bits per heavy atom. The van der Waals surface area contributed by atoms with Gasteiger partial charge in [0.05, 0.1) is 26.2 Å². The average Bonchev–Trinajstić information content (AvgIpc) is 3.14. The fourth-order valence-corrected chi connectivity index (χ4v) is 6.41. The second-order valence-electron chi connectivity index (χ2n) is 10.8. The van der Waals surface area contributed by atoms with Crippen LogP contribution >= 0.6 is 0 Å². The molecular formula is C30H44NOY+. The number of rotatable bonds is 9. The topological polar surface area (TPSA) is 9.23 Å². The summed E-state index contributed by atoms with van der Waals surface area (Å²) in [5.41, 5.74) is 4.54. The zero-order chi connectivity index (χ0) is 22.3. The number of aryl methyl sites for hydroxylation is 2. The summed E-state index contributed by atoms with van der Waals surface area (Å²) >= 11 is 0. The van der Waals surface area contributed by atoms with Crippen LogP contribution in [0.4, 0.5) is 0 Å². The summed E-state index contributed by atoms with van der Waals surface area (Å²) in [6.45, 7) is 10.5.